The molecule has 2 rings (SSSR count). The van der Waals surface area contributed by atoms with E-state index in [-0.39, 0.29) is 30.7 Å². The molecule has 23 heavy (non-hydrogen) atoms. The van der Waals surface area contributed by atoms with E-state index in [0.29, 0.717) is 24.9 Å². The highest BCUT2D eigenvalue weighted by Crippen LogP contribution is 2.26. The molecule has 0 bridgehead atoms. The maximum Gasteiger partial charge on any atom is 0.255 e. The average Bonchev–Trinajstić information content (AvgIpc) is 2.55. The zero-order chi connectivity index (χ0) is 16.2. The Labute approximate surface area is 151 Å². The normalized spacial score (nSPS) is 16.5. The molecule has 1 fully saturated rings. The van der Waals surface area contributed by atoms with E-state index in [1.807, 2.05) is 6.92 Å². The Bertz CT molecular complexity index is 539. The van der Waals surface area contributed by atoms with Gasteiger partial charge in [-0.3, -0.25) is 4.79 Å². The Morgan fingerprint density at radius 2 is 2.09 bits per heavy atom. The number of halogens is 3. The molecule has 0 aliphatic carbocycles. The molecule has 4 nitrogen and oxygen atoms in total. The van der Waals surface area contributed by atoms with Crippen LogP contribution in [-0.2, 0) is 16.1 Å². The first-order valence-corrected chi connectivity index (χ1v) is 8.31. The predicted octanol–water partition coefficient (Wildman–Crippen LogP) is 3.13. The minimum absolute atomic E-state index is 0. The van der Waals surface area contributed by atoms with Gasteiger partial charge in [-0.05, 0) is 51.1 Å². The van der Waals surface area contributed by atoms with E-state index in [1.165, 1.54) is 6.07 Å². The van der Waals surface area contributed by atoms with Crippen LogP contribution in [0.4, 0.5) is 4.39 Å². The summed E-state index contributed by atoms with van der Waals surface area (Å²) in [7, 11) is 1.58. The molecule has 130 valence electrons. The fraction of sp³-hybridized carbons (Fsp3) is 0.562. The summed E-state index contributed by atoms with van der Waals surface area (Å²) in [5.74, 6) is -0.357. The lowest BCUT2D eigenvalue weighted by Gasteiger charge is -2.38. The molecule has 1 N–H and O–H groups in total. The lowest BCUT2D eigenvalue weighted by atomic mass is 9.90. The van der Waals surface area contributed by atoms with Gasteiger partial charge < -0.3 is 15.0 Å². The van der Waals surface area contributed by atoms with E-state index >= 15 is 0 Å². The Kier molecular flexibility index (Phi) is 7.94. The van der Waals surface area contributed by atoms with Crippen LogP contribution in [0.5, 0.6) is 0 Å². The molecule has 1 saturated heterocycles. The van der Waals surface area contributed by atoms with E-state index in [2.05, 4.69) is 21.2 Å². The average molecular weight is 410 g/mol. The Balaban J connectivity index is 0.00000264. The number of nitrogens with zero attached hydrogens (tertiary/aromatic N) is 1. The quantitative estimate of drug-likeness (QED) is 0.812. The molecular formula is C16H23BrClFN2O2. The van der Waals surface area contributed by atoms with Crippen LogP contribution in [0.3, 0.4) is 0 Å². The summed E-state index contributed by atoms with van der Waals surface area (Å²) in [4.78, 5) is 14.6. The van der Waals surface area contributed by atoms with Crippen LogP contribution in [0.25, 0.3) is 0 Å². The number of likely N-dealkylation sites (N-methyl/N-ethyl adjacent to an activating group) is 1. The van der Waals surface area contributed by atoms with Gasteiger partial charge >= 0.3 is 0 Å². The predicted molar refractivity (Wildman–Crippen MR) is 94.3 cm³/mol. The third kappa shape index (κ3) is 4.66. The molecule has 0 radical (unpaired) electrons. The van der Waals surface area contributed by atoms with Gasteiger partial charge in [0.25, 0.3) is 5.91 Å². The second kappa shape index (κ2) is 8.97. The summed E-state index contributed by atoms with van der Waals surface area (Å²) in [5.41, 5.74) is -0.284. The number of ether oxygens (including phenoxy) is 1. The van der Waals surface area contributed by atoms with Crippen LogP contribution < -0.4 is 5.32 Å². The molecule has 0 spiro atoms. The number of rotatable bonds is 5. The van der Waals surface area contributed by atoms with E-state index in [1.54, 1.807) is 24.1 Å². The van der Waals surface area contributed by atoms with Crippen molar-refractivity contribution >= 4 is 34.2 Å². The summed E-state index contributed by atoms with van der Waals surface area (Å²) in [6, 6.07) is 4.78. The Hall–Kier alpha value is -0.690. The molecule has 1 aliphatic rings. The molecule has 0 unspecified atom stereocenters. The number of amides is 1. The first-order valence-electron chi connectivity index (χ1n) is 7.51. The number of hydrogen-bond acceptors (Lipinski definition) is 3. The Morgan fingerprint density at radius 1 is 1.43 bits per heavy atom. The molecule has 0 saturated carbocycles. The molecular weight excluding hydrogens is 387 g/mol. The van der Waals surface area contributed by atoms with Crippen molar-refractivity contribution in [3.63, 3.8) is 0 Å². The van der Waals surface area contributed by atoms with Crippen molar-refractivity contribution < 1.29 is 13.9 Å². The van der Waals surface area contributed by atoms with Gasteiger partial charge in [-0.2, -0.15) is 0 Å². The van der Waals surface area contributed by atoms with Gasteiger partial charge in [0.2, 0.25) is 0 Å². The number of piperidine rings is 1. The van der Waals surface area contributed by atoms with E-state index in [0.717, 1.165) is 17.6 Å². The summed E-state index contributed by atoms with van der Waals surface area (Å²) in [5, 5.41) is 3.23. The zero-order valence-electron chi connectivity index (χ0n) is 13.4. The number of hydrogen-bond donors (Lipinski definition) is 1. The van der Waals surface area contributed by atoms with E-state index in [4.69, 9.17) is 4.74 Å². The van der Waals surface area contributed by atoms with Gasteiger partial charge in [-0.1, -0.05) is 15.9 Å². The molecule has 1 amide bonds. The number of carbonyl (C=O) groups excluding carboxylic acids is 1. The maximum absolute atomic E-state index is 13.9. The second-order valence-electron chi connectivity index (χ2n) is 5.50. The highest BCUT2D eigenvalue weighted by atomic mass is 79.9. The van der Waals surface area contributed by atoms with Gasteiger partial charge in [-0.25, -0.2) is 4.39 Å². The number of benzene rings is 1. The van der Waals surface area contributed by atoms with Gasteiger partial charge in [0.1, 0.15) is 11.4 Å². The van der Waals surface area contributed by atoms with Crippen LogP contribution in [0, 0.1) is 5.82 Å². The second-order valence-corrected chi connectivity index (χ2v) is 6.42. The topological polar surface area (TPSA) is 41.6 Å². The fourth-order valence-electron chi connectivity index (χ4n) is 2.82. The summed E-state index contributed by atoms with van der Waals surface area (Å²) in [6.07, 6.45) is 1.28. The van der Waals surface area contributed by atoms with Crippen molar-refractivity contribution in [3.8, 4) is 0 Å². The maximum atomic E-state index is 13.9. The van der Waals surface area contributed by atoms with Gasteiger partial charge in [0, 0.05) is 30.2 Å². The Morgan fingerprint density at radius 3 is 2.65 bits per heavy atom. The molecule has 1 aromatic carbocycles. The third-order valence-electron chi connectivity index (χ3n) is 4.23. The smallest absolute Gasteiger partial charge is 0.255 e. The van der Waals surface area contributed by atoms with Crippen LogP contribution in [0.15, 0.2) is 22.7 Å². The highest BCUT2D eigenvalue weighted by Gasteiger charge is 2.42. The van der Waals surface area contributed by atoms with E-state index in [9.17, 15) is 9.18 Å². The van der Waals surface area contributed by atoms with Gasteiger partial charge in [-0.15, -0.1) is 12.4 Å². The minimum Gasteiger partial charge on any atom is -0.368 e. The molecule has 7 heteroatoms. The van der Waals surface area contributed by atoms with Crippen molar-refractivity contribution in [1.82, 2.24) is 10.2 Å². The largest absolute Gasteiger partial charge is 0.368 e. The van der Waals surface area contributed by atoms with Gasteiger partial charge in [0.05, 0.1) is 0 Å². The van der Waals surface area contributed by atoms with Crippen LogP contribution in [-0.4, -0.2) is 43.2 Å². The third-order valence-corrected chi connectivity index (χ3v) is 4.72. The molecule has 1 aliphatic heterocycles. The van der Waals surface area contributed by atoms with Crippen molar-refractivity contribution in [2.75, 3.05) is 26.7 Å². The lowest BCUT2D eigenvalue weighted by Crippen LogP contribution is -2.55. The minimum atomic E-state index is -0.788. The first-order chi connectivity index (χ1) is 10.5. The van der Waals surface area contributed by atoms with Crippen LogP contribution >= 0.6 is 28.3 Å². The monoisotopic (exact) mass is 408 g/mol. The van der Waals surface area contributed by atoms with Crippen LogP contribution in [0.2, 0.25) is 0 Å². The molecule has 0 atom stereocenters. The van der Waals surface area contributed by atoms with Crippen LogP contribution in [0.1, 0.15) is 25.3 Å². The van der Waals surface area contributed by atoms with Crippen molar-refractivity contribution in [2.45, 2.75) is 31.9 Å². The standard InChI is InChI=1S/C16H22BrFN2O2.ClH/c1-3-20(11-12-10-13(17)4-5-14(12)18)15(21)16(22-2)6-8-19-9-7-16;/h4-5,10,19H,3,6-9,11H2,1-2H3;1H. The SMILES string of the molecule is CCN(Cc1cc(Br)ccc1F)C(=O)C1(OC)CCNCC1.Cl. The molecule has 1 aromatic rings. The van der Waals surface area contributed by atoms with Crippen molar-refractivity contribution in [3.05, 3.63) is 34.1 Å². The van der Waals surface area contributed by atoms with Crippen molar-refractivity contribution in [2.24, 2.45) is 0 Å². The van der Waals surface area contributed by atoms with E-state index < -0.39 is 5.60 Å². The zero-order valence-corrected chi connectivity index (χ0v) is 15.8. The fourth-order valence-corrected chi connectivity index (χ4v) is 3.23. The number of nitrogens with one attached hydrogen (secondary N) is 1. The van der Waals surface area contributed by atoms with Crippen molar-refractivity contribution in [1.29, 1.82) is 0 Å². The highest BCUT2D eigenvalue weighted by molar-refractivity contribution is 9.10. The summed E-state index contributed by atoms with van der Waals surface area (Å²) in [6.45, 7) is 4.17. The number of carbonyl (C=O) groups is 1. The summed E-state index contributed by atoms with van der Waals surface area (Å²) >= 11 is 3.34. The molecule has 0 aromatic heterocycles. The lowest BCUT2D eigenvalue weighted by molar-refractivity contribution is -0.158. The van der Waals surface area contributed by atoms with Gasteiger partial charge in [0.15, 0.2) is 0 Å². The first kappa shape index (κ1) is 20.4. The summed E-state index contributed by atoms with van der Waals surface area (Å²) < 4.78 is 20.3. The molecule has 1 heterocycles. The number of methoxy groups -OCH3 is 1.